The minimum absolute atomic E-state index is 0.0892. The van der Waals surface area contributed by atoms with Gasteiger partial charge in [-0.15, -0.1) is 0 Å². The smallest absolute Gasteiger partial charge is 0.133 e. The summed E-state index contributed by atoms with van der Waals surface area (Å²) >= 11 is 0. The number of pyridine rings is 1. The van der Waals surface area contributed by atoms with Gasteiger partial charge in [-0.1, -0.05) is 6.07 Å². The van der Waals surface area contributed by atoms with Gasteiger partial charge in [-0.2, -0.15) is 0 Å². The highest BCUT2D eigenvalue weighted by atomic mass is 16.5. The molecule has 21 heavy (non-hydrogen) atoms. The Labute approximate surface area is 126 Å². The molecule has 0 radical (unpaired) electrons. The van der Waals surface area contributed by atoms with Crippen molar-refractivity contribution in [3.63, 3.8) is 0 Å². The van der Waals surface area contributed by atoms with Gasteiger partial charge in [-0.05, 0) is 6.07 Å². The highest BCUT2D eigenvalue weighted by Gasteiger charge is 2.34. The van der Waals surface area contributed by atoms with Crippen LogP contribution in [0.1, 0.15) is 5.56 Å². The van der Waals surface area contributed by atoms with Gasteiger partial charge in [0.1, 0.15) is 18.0 Å². The van der Waals surface area contributed by atoms with E-state index in [-0.39, 0.29) is 12.2 Å². The van der Waals surface area contributed by atoms with Crippen molar-refractivity contribution in [2.24, 2.45) is 0 Å². The lowest BCUT2D eigenvalue weighted by molar-refractivity contribution is -0.00461. The topological polar surface area (TPSA) is 55.9 Å². The molecule has 0 amide bonds. The quantitative estimate of drug-likeness (QED) is 0.711. The molecule has 0 aliphatic carbocycles. The first-order valence-electron chi connectivity index (χ1n) is 7.24. The van der Waals surface area contributed by atoms with Crippen LogP contribution in [0.15, 0.2) is 18.3 Å². The molecule has 1 aromatic heterocycles. The van der Waals surface area contributed by atoms with Crippen molar-refractivity contribution in [1.82, 2.24) is 10.3 Å². The predicted molar refractivity (Wildman–Crippen MR) is 81.6 cm³/mol. The van der Waals surface area contributed by atoms with Crippen LogP contribution in [-0.4, -0.2) is 64.8 Å². The molecule has 2 atom stereocenters. The van der Waals surface area contributed by atoms with Gasteiger partial charge < -0.3 is 24.4 Å². The highest BCUT2D eigenvalue weighted by Crippen LogP contribution is 2.24. The first kappa shape index (κ1) is 16.2. The van der Waals surface area contributed by atoms with E-state index >= 15 is 0 Å². The second-order valence-corrected chi connectivity index (χ2v) is 5.11. The summed E-state index contributed by atoms with van der Waals surface area (Å²) in [5.74, 6) is 1.00. The number of hydrogen-bond donors (Lipinski definition) is 1. The molecule has 0 bridgehead atoms. The SMILES string of the molecule is COCCNCc1cccnc1N1CC(OC)C(OC)C1. The maximum Gasteiger partial charge on any atom is 0.133 e. The zero-order valence-corrected chi connectivity index (χ0v) is 13.0. The van der Waals surface area contributed by atoms with E-state index in [0.717, 1.165) is 32.0 Å². The third-order valence-electron chi connectivity index (χ3n) is 3.79. The van der Waals surface area contributed by atoms with Crippen LogP contribution in [0.3, 0.4) is 0 Å². The second kappa shape index (κ2) is 8.29. The normalized spacial score (nSPS) is 22.0. The zero-order valence-electron chi connectivity index (χ0n) is 13.0. The molecule has 1 fully saturated rings. The standard InChI is InChI=1S/C15H25N3O3/c1-19-8-7-16-9-12-5-4-6-17-15(12)18-10-13(20-2)14(11-18)21-3/h4-6,13-14,16H,7-11H2,1-3H3. The summed E-state index contributed by atoms with van der Waals surface area (Å²) < 4.78 is 16.0. The van der Waals surface area contributed by atoms with Gasteiger partial charge in [0.2, 0.25) is 0 Å². The van der Waals surface area contributed by atoms with Crippen LogP contribution < -0.4 is 10.2 Å². The first-order valence-corrected chi connectivity index (χ1v) is 7.24. The van der Waals surface area contributed by atoms with Crippen molar-refractivity contribution in [2.45, 2.75) is 18.8 Å². The van der Waals surface area contributed by atoms with Gasteiger partial charge >= 0.3 is 0 Å². The fourth-order valence-electron chi connectivity index (χ4n) is 2.62. The van der Waals surface area contributed by atoms with E-state index in [1.807, 2.05) is 12.3 Å². The van der Waals surface area contributed by atoms with E-state index < -0.39 is 0 Å². The maximum absolute atomic E-state index is 5.49. The van der Waals surface area contributed by atoms with Crippen molar-refractivity contribution >= 4 is 5.82 Å². The molecule has 1 aromatic rings. The molecule has 2 unspecified atom stereocenters. The van der Waals surface area contributed by atoms with Gasteiger partial charge in [0, 0.05) is 59.3 Å². The Kier molecular flexibility index (Phi) is 6.38. The molecule has 0 spiro atoms. The van der Waals surface area contributed by atoms with E-state index in [1.54, 1.807) is 21.3 Å². The minimum Gasteiger partial charge on any atom is -0.383 e. The first-order chi connectivity index (χ1) is 10.3. The van der Waals surface area contributed by atoms with E-state index in [4.69, 9.17) is 14.2 Å². The number of nitrogens with zero attached hydrogens (tertiary/aromatic N) is 2. The van der Waals surface area contributed by atoms with Crippen LogP contribution in [0.2, 0.25) is 0 Å². The minimum atomic E-state index is 0.0892. The summed E-state index contributed by atoms with van der Waals surface area (Å²) in [7, 11) is 5.16. The molecule has 1 aliphatic rings. The second-order valence-electron chi connectivity index (χ2n) is 5.11. The lowest BCUT2D eigenvalue weighted by Crippen LogP contribution is -2.27. The van der Waals surface area contributed by atoms with E-state index in [0.29, 0.717) is 6.61 Å². The summed E-state index contributed by atoms with van der Waals surface area (Å²) in [6, 6.07) is 4.07. The fraction of sp³-hybridized carbons (Fsp3) is 0.667. The Morgan fingerprint density at radius 1 is 1.24 bits per heavy atom. The number of aromatic nitrogens is 1. The maximum atomic E-state index is 5.49. The van der Waals surface area contributed by atoms with Crippen molar-refractivity contribution in [2.75, 3.05) is 52.5 Å². The summed E-state index contributed by atoms with van der Waals surface area (Å²) in [5, 5.41) is 3.36. The Morgan fingerprint density at radius 2 is 1.95 bits per heavy atom. The van der Waals surface area contributed by atoms with Crippen LogP contribution in [0, 0.1) is 0 Å². The Morgan fingerprint density at radius 3 is 2.57 bits per heavy atom. The van der Waals surface area contributed by atoms with Crippen LogP contribution >= 0.6 is 0 Å². The molecule has 6 heteroatoms. The summed E-state index contributed by atoms with van der Waals surface area (Å²) in [6.45, 7) is 3.91. The third-order valence-corrected chi connectivity index (χ3v) is 3.79. The Bertz CT molecular complexity index is 418. The molecule has 2 heterocycles. The third kappa shape index (κ3) is 4.14. The van der Waals surface area contributed by atoms with Gasteiger partial charge in [0.05, 0.1) is 6.61 Å². The van der Waals surface area contributed by atoms with Crippen molar-refractivity contribution in [3.8, 4) is 0 Å². The van der Waals surface area contributed by atoms with Crippen LogP contribution in [0.4, 0.5) is 5.82 Å². The van der Waals surface area contributed by atoms with Crippen LogP contribution in [-0.2, 0) is 20.8 Å². The summed E-state index contributed by atoms with van der Waals surface area (Å²) in [5.41, 5.74) is 1.18. The molecule has 6 nitrogen and oxygen atoms in total. The molecule has 2 rings (SSSR count). The molecular formula is C15H25N3O3. The fourth-order valence-corrected chi connectivity index (χ4v) is 2.62. The Balaban J connectivity index is 2.02. The molecule has 0 saturated carbocycles. The molecular weight excluding hydrogens is 270 g/mol. The number of nitrogens with one attached hydrogen (secondary N) is 1. The number of ether oxygens (including phenoxy) is 3. The predicted octanol–water partition coefficient (Wildman–Crippen LogP) is 0.668. The molecule has 1 saturated heterocycles. The van der Waals surface area contributed by atoms with E-state index in [9.17, 15) is 0 Å². The van der Waals surface area contributed by atoms with Crippen LogP contribution in [0.25, 0.3) is 0 Å². The average molecular weight is 295 g/mol. The monoisotopic (exact) mass is 295 g/mol. The number of methoxy groups -OCH3 is 3. The lowest BCUT2D eigenvalue weighted by atomic mass is 10.2. The van der Waals surface area contributed by atoms with E-state index in [1.165, 1.54) is 5.56 Å². The van der Waals surface area contributed by atoms with Crippen molar-refractivity contribution in [1.29, 1.82) is 0 Å². The van der Waals surface area contributed by atoms with Crippen LogP contribution in [0.5, 0.6) is 0 Å². The number of rotatable bonds is 8. The Hall–Kier alpha value is -1.21. The molecule has 1 N–H and O–H groups in total. The average Bonchev–Trinajstić information content (AvgIpc) is 2.95. The largest absolute Gasteiger partial charge is 0.383 e. The van der Waals surface area contributed by atoms with Gasteiger partial charge in [-0.3, -0.25) is 0 Å². The van der Waals surface area contributed by atoms with Gasteiger partial charge in [0.25, 0.3) is 0 Å². The lowest BCUT2D eigenvalue weighted by Gasteiger charge is -2.20. The van der Waals surface area contributed by atoms with E-state index in [2.05, 4.69) is 21.3 Å². The molecule has 1 aliphatic heterocycles. The zero-order chi connectivity index (χ0) is 15.1. The van der Waals surface area contributed by atoms with Crippen molar-refractivity contribution < 1.29 is 14.2 Å². The number of anilines is 1. The molecule has 0 aromatic carbocycles. The number of hydrogen-bond acceptors (Lipinski definition) is 6. The highest BCUT2D eigenvalue weighted by molar-refractivity contribution is 5.48. The van der Waals surface area contributed by atoms with Gasteiger partial charge in [-0.25, -0.2) is 4.98 Å². The summed E-state index contributed by atoms with van der Waals surface area (Å²) in [6.07, 6.45) is 2.01. The molecule has 118 valence electrons. The summed E-state index contributed by atoms with van der Waals surface area (Å²) in [4.78, 5) is 6.77. The van der Waals surface area contributed by atoms with Crippen molar-refractivity contribution in [3.05, 3.63) is 23.9 Å². The van der Waals surface area contributed by atoms with Gasteiger partial charge in [0.15, 0.2) is 0 Å².